The second kappa shape index (κ2) is 10.8. The number of hydrogen-bond donors (Lipinski definition) is 0. The van der Waals surface area contributed by atoms with Crippen LogP contribution >= 0.6 is 0 Å². The smallest absolute Gasteiger partial charge is 0.271 e. The Balaban J connectivity index is 2.95. The standard InChI is InChI=1S/C17H40B3N3/c1-8-14(7)17(13-6)23-19-21(15(9-2)10-3)18-22(20-23)16(11-4)12-5/h14-20H,8-13H2,1-7H3. The minimum absolute atomic E-state index is 0.717. The zero-order chi connectivity index (χ0) is 17.4. The summed E-state index contributed by atoms with van der Waals surface area (Å²) in [5.41, 5.74) is 0. The van der Waals surface area contributed by atoms with E-state index in [0.717, 1.165) is 40.6 Å². The molecule has 0 radical (unpaired) electrons. The fourth-order valence-electron chi connectivity index (χ4n) is 4.41. The van der Waals surface area contributed by atoms with Crippen molar-refractivity contribution in [1.29, 1.82) is 0 Å². The van der Waals surface area contributed by atoms with Gasteiger partial charge in [-0.25, -0.2) is 0 Å². The largest absolute Gasteiger partial charge is 0.361 e. The van der Waals surface area contributed by atoms with Crippen LogP contribution in [0.1, 0.15) is 87.0 Å². The Labute approximate surface area is 148 Å². The molecule has 0 aliphatic carbocycles. The fraction of sp³-hybridized carbons (Fsp3) is 1.00. The first-order valence-corrected chi connectivity index (χ1v) is 10.3. The van der Waals surface area contributed by atoms with Gasteiger partial charge in [0.15, 0.2) is 0 Å². The monoisotopic (exact) mass is 319 g/mol. The highest BCUT2D eigenvalue weighted by Gasteiger charge is 2.36. The Bertz CT molecular complexity index is 291. The fourth-order valence-corrected chi connectivity index (χ4v) is 4.41. The van der Waals surface area contributed by atoms with Gasteiger partial charge in [0.2, 0.25) is 0 Å². The molecule has 1 aliphatic heterocycles. The van der Waals surface area contributed by atoms with E-state index in [2.05, 4.69) is 62.6 Å². The summed E-state index contributed by atoms with van der Waals surface area (Å²) in [6, 6.07) is 2.17. The molecule has 1 saturated heterocycles. The molecule has 132 valence electrons. The Morgan fingerprint density at radius 2 is 0.957 bits per heavy atom. The first-order valence-electron chi connectivity index (χ1n) is 10.3. The molecule has 2 atom stereocenters. The molecule has 0 bridgehead atoms. The molecular formula is C17H40B3N3. The van der Waals surface area contributed by atoms with E-state index in [-0.39, 0.29) is 0 Å². The summed E-state index contributed by atoms with van der Waals surface area (Å²) in [5, 5.41) is 0. The van der Waals surface area contributed by atoms with Crippen LogP contribution in [0, 0.1) is 5.92 Å². The van der Waals surface area contributed by atoms with Crippen LogP contribution < -0.4 is 0 Å². The van der Waals surface area contributed by atoms with Gasteiger partial charge in [-0.15, -0.1) is 0 Å². The summed E-state index contributed by atoms with van der Waals surface area (Å²) in [5.74, 6) is 0.783. The van der Waals surface area contributed by atoms with Gasteiger partial charge < -0.3 is 14.2 Å². The average molecular weight is 319 g/mol. The van der Waals surface area contributed by atoms with Crippen LogP contribution in [0.2, 0.25) is 0 Å². The second-order valence-electron chi connectivity index (χ2n) is 7.49. The highest BCUT2D eigenvalue weighted by Crippen LogP contribution is 2.22. The van der Waals surface area contributed by atoms with Crippen LogP contribution in [0.25, 0.3) is 0 Å². The van der Waals surface area contributed by atoms with Crippen molar-refractivity contribution in [2.24, 2.45) is 5.92 Å². The first-order chi connectivity index (χ1) is 11.1. The van der Waals surface area contributed by atoms with Crippen LogP contribution in [0.5, 0.6) is 0 Å². The summed E-state index contributed by atoms with van der Waals surface area (Å²) < 4.78 is 8.26. The van der Waals surface area contributed by atoms with Gasteiger partial charge in [-0.1, -0.05) is 54.9 Å². The van der Waals surface area contributed by atoms with Gasteiger partial charge >= 0.3 is 0 Å². The molecule has 0 aromatic carbocycles. The van der Waals surface area contributed by atoms with Crippen molar-refractivity contribution in [2.45, 2.75) is 105 Å². The maximum Gasteiger partial charge on any atom is 0.271 e. The van der Waals surface area contributed by atoms with E-state index >= 15 is 0 Å². The van der Waals surface area contributed by atoms with Gasteiger partial charge in [0, 0.05) is 0 Å². The Hall–Kier alpha value is 0.0748. The third-order valence-electron chi connectivity index (χ3n) is 6.20. The van der Waals surface area contributed by atoms with Crippen LogP contribution in [0.4, 0.5) is 0 Å². The Morgan fingerprint density at radius 3 is 1.26 bits per heavy atom. The third-order valence-corrected chi connectivity index (χ3v) is 6.20. The summed E-state index contributed by atoms with van der Waals surface area (Å²) >= 11 is 0. The predicted octanol–water partition coefficient (Wildman–Crippen LogP) is 2.91. The van der Waals surface area contributed by atoms with Crippen LogP contribution in [0.15, 0.2) is 0 Å². The molecule has 1 rings (SSSR count). The first kappa shape index (κ1) is 21.1. The molecule has 6 heteroatoms. The van der Waals surface area contributed by atoms with Crippen molar-refractivity contribution in [1.82, 2.24) is 14.2 Å². The van der Waals surface area contributed by atoms with Gasteiger partial charge in [-0.3, -0.25) is 0 Å². The van der Waals surface area contributed by atoms with Gasteiger partial charge in [0.1, 0.15) is 0 Å². The summed E-state index contributed by atoms with van der Waals surface area (Å²) in [4.78, 5) is 0. The Kier molecular flexibility index (Phi) is 9.95. The third kappa shape index (κ3) is 5.54. The molecule has 0 aromatic rings. The molecule has 1 aliphatic rings. The van der Waals surface area contributed by atoms with Gasteiger partial charge in [-0.05, 0) is 56.1 Å². The molecular weight excluding hydrogens is 279 g/mol. The topological polar surface area (TPSA) is 9.72 Å². The molecule has 0 spiro atoms. The van der Waals surface area contributed by atoms with E-state index in [0.29, 0.717) is 6.04 Å². The van der Waals surface area contributed by atoms with E-state index in [1.807, 2.05) is 0 Å². The molecule has 0 N–H and O–H groups in total. The molecule has 0 amide bonds. The summed E-state index contributed by atoms with van der Waals surface area (Å²) in [7, 11) is 3.48. The normalized spacial score (nSPS) is 20.2. The van der Waals surface area contributed by atoms with Gasteiger partial charge in [0.05, 0.1) is 0 Å². The van der Waals surface area contributed by atoms with Crippen molar-refractivity contribution in [3.05, 3.63) is 0 Å². The van der Waals surface area contributed by atoms with E-state index in [1.165, 1.54) is 38.5 Å². The van der Waals surface area contributed by atoms with Crippen molar-refractivity contribution in [3.63, 3.8) is 0 Å². The van der Waals surface area contributed by atoms with Gasteiger partial charge in [0.25, 0.3) is 22.6 Å². The molecule has 23 heavy (non-hydrogen) atoms. The quantitative estimate of drug-likeness (QED) is 0.573. The second-order valence-corrected chi connectivity index (χ2v) is 7.49. The lowest BCUT2D eigenvalue weighted by Gasteiger charge is -2.49. The summed E-state index contributed by atoms with van der Waals surface area (Å²) in [6.07, 6.45) is 7.61. The molecule has 1 heterocycles. The highest BCUT2D eigenvalue weighted by molar-refractivity contribution is 6.65. The SMILES string of the molecule is CCC(C)C(CC)N1BN(C(CC)CC)BN(C(CC)CC)B1. The highest BCUT2D eigenvalue weighted by atomic mass is 15.3. The van der Waals surface area contributed by atoms with Crippen molar-refractivity contribution in [3.8, 4) is 0 Å². The average Bonchev–Trinajstić information content (AvgIpc) is 2.57. The molecule has 3 nitrogen and oxygen atoms in total. The maximum absolute atomic E-state index is 2.77. The molecule has 0 aromatic heterocycles. The molecule has 1 fully saturated rings. The zero-order valence-electron chi connectivity index (χ0n) is 17.0. The summed E-state index contributed by atoms with van der Waals surface area (Å²) in [6.45, 7) is 16.5. The van der Waals surface area contributed by atoms with E-state index in [1.54, 1.807) is 0 Å². The van der Waals surface area contributed by atoms with E-state index in [4.69, 9.17) is 0 Å². The lowest BCUT2D eigenvalue weighted by Crippen LogP contribution is -2.68. The molecule has 2 unspecified atom stereocenters. The van der Waals surface area contributed by atoms with Crippen molar-refractivity contribution >= 4 is 22.6 Å². The Morgan fingerprint density at radius 1 is 0.565 bits per heavy atom. The van der Waals surface area contributed by atoms with Crippen LogP contribution in [-0.2, 0) is 0 Å². The van der Waals surface area contributed by atoms with Gasteiger partial charge in [-0.2, -0.15) is 0 Å². The minimum Gasteiger partial charge on any atom is -0.361 e. The number of hydrogen-bond acceptors (Lipinski definition) is 3. The van der Waals surface area contributed by atoms with Crippen molar-refractivity contribution in [2.75, 3.05) is 0 Å². The zero-order valence-corrected chi connectivity index (χ0v) is 17.0. The number of nitrogens with zero attached hydrogens (tertiary/aromatic N) is 3. The minimum atomic E-state index is 0.717. The molecule has 0 saturated carbocycles. The van der Waals surface area contributed by atoms with Crippen molar-refractivity contribution < 1.29 is 0 Å². The van der Waals surface area contributed by atoms with E-state index in [9.17, 15) is 0 Å². The van der Waals surface area contributed by atoms with Crippen LogP contribution in [0.3, 0.4) is 0 Å². The maximum atomic E-state index is 2.77. The van der Waals surface area contributed by atoms with Crippen LogP contribution in [-0.4, -0.2) is 54.9 Å². The predicted molar refractivity (Wildman–Crippen MR) is 109 cm³/mol. The number of rotatable bonds is 10. The lowest BCUT2D eigenvalue weighted by atomic mass is 9.67. The lowest BCUT2D eigenvalue weighted by molar-refractivity contribution is 0.271. The van der Waals surface area contributed by atoms with E-state index < -0.39 is 0 Å².